The van der Waals surface area contributed by atoms with Gasteiger partial charge in [-0.15, -0.1) is 0 Å². The van der Waals surface area contributed by atoms with Crippen molar-refractivity contribution in [3.63, 3.8) is 0 Å². The predicted octanol–water partition coefficient (Wildman–Crippen LogP) is 3.50. The van der Waals surface area contributed by atoms with Crippen molar-refractivity contribution in [2.75, 3.05) is 0 Å². The van der Waals surface area contributed by atoms with Gasteiger partial charge in [0.05, 0.1) is 11.6 Å². The first-order valence-corrected chi connectivity index (χ1v) is 4.67. The average Bonchev–Trinajstić information content (AvgIpc) is 2.33. The highest BCUT2D eigenvalue weighted by molar-refractivity contribution is 5.71. The molecule has 2 aromatic carbocycles. The summed E-state index contributed by atoms with van der Waals surface area (Å²) in [4.78, 5) is 0. The Morgan fingerprint density at radius 3 is 2.25 bits per heavy atom. The van der Waals surface area contributed by atoms with Crippen LogP contribution in [-0.2, 0) is 0 Å². The summed E-state index contributed by atoms with van der Waals surface area (Å²) in [5.41, 5.74) is 0.643. The van der Waals surface area contributed by atoms with Crippen molar-refractivity contribution in [1.29, 1.82) is 5.26 Å². The lowest BCUT2D eigenvalue weighted by molar-refractivity contribution is 0.511. The van der Waals surface area contributed by atoms with E-state index in [4.69, 9.17) is 5.26 Å². The minimum absolute atomic E-state index is 0.0168. The topological polar surface area (TPSA) is 23.8 Å². The van der Waals surface area contributed by atoms with Gasteiger partial charge in [-0.05, 0) is 17.7 Å². The summed E-state index contributed by atoms with van der Waals surface area (Å²) < 4.78 is 26.7. The average molecular weight is 215 g/mol. The molecule has 0 saturated heterocycles. The number of hydrogen-bond acceptors (Lipinski definition) is 1. The fraction of sp³-hybridized carbons (Fsp3) is 0. The van der Waals surface area contributed by atoms with E-state index in [1.54, 1.807) is 30.3 Å². The molecule has 0 aliphatic carbocycles. The van der Waals surface area contributed by atoms with Gasteiger partial charge in [-0.3, -0.25) is 0 Å². The Morgan fingerprint density at radius 2 is 1.62 bits per heavy atom. The van der Waals surface area contributed by atoms with E-state index in [2.05, 4.69) is 0 Å². The third kappa shape index (κ3) is 1.66. The van der Waals surface area contributed by atoms with Crippen LogP contribution in [0.2, 0.25) is 0 Å². The minimum atomic E-state index is -0.981. The molecular formula is C13H7F2N. The first-order valence-electron chi connectivity index (χ1n) is 4.67. The van der Waals surface area contributed by atoms with Gasteiger partial charge in [-0.2, -0.15) is 5.26 Å². The molecule has 16 heavy (non-hydrogen) atoms. The maximum Gasteiger partial charge on any atom is 0.167 e. The van der Waals surface area contributed by atoms with Gasteiger partial charge < -0.3 is 0 Å². The Balaban J connectivity index is 2.74. The van der Waals surface area contributed by atoms with Crippen molar-refractivity contribution in [3.8, 4) is 17.2 Å². The lowest BCUT2D eigenvalue weighted by Crippen LogP contribution is -1.93. The third-order valence-corrected chi connectivity index (χ3v) is 2.28. The number of halogens is 2. The zero-order valence-corrected chi connectivity index (χ0v) is 8.24. The summed E-state index contributed by atoms with van der Waals surface area (Å²) in [6.07, 6.45) is 0. The van der Waals surface area contributed by atoms with Crippen LogP contribution in [0.4, 0.5) is 8.78 Å². The van der Waals surface area contributed by atoms with Crippen LogP contribution in [-0.4, -0.2) is 0 Å². The highest BCUT2D eigenvalue weighted by Crippen LogP contribution is 2.27. The highest BCUT2D eigenvalue weighted by atomic mass is 19.2. The summed E-state index contributed by atoms with van der Waals surface area (Å²) in [7, 11) is 0. The van der Waals surface area contributed by atoms with Gasteiger partial charge in [0, 0.05) is 5.56 Å². The van der Waals surface area contributed by atoms with Crippen LogP contribution >= 0.6 is 0 Å². The van der Waals surface area contributed by atoms with Crippen LogP contribution < -0.4 is 0 Å². The second-order valence-electron chi connectivity index (χ2n) is 3.26. The summed E-state index contributed by atoms with van der Waals surface area (Å²) >= 11 is 0. The fourth-order valence-electron chi connectivity index (χ4n) is 1.53. The molecule has 1 nitrogen and oxygen atoms in total. The molecule has 0 atom stereocenters. The largest absolute Gasteiger partial charge is 0.204 e. The van der Waals surface area contributed by atoms with Crippen LogP contribution in [0.3, 0.4) is 0 Å². The van der Waals surface area contributed by atoms with Crippen molar-refractivity contribution in [1.82, 2.24) is 0 Å². The van der Waals surface area contributed by atoms with E-state index in [9.17, 15) is 8.78 Å². The summed E-state index contributed by atoms with van der Waals surface area (Å²) in [6, 6.07) is 12.6. The molecule has 0 aliphatic rings. The molecule has 2 aromatic rings. The molecule has 3 heteroatoms. The van der Waals surface area contributed by atoms with Crippen LogP contribution in [0.5, 0.6) is 0 Å². The highest BCUT2D eigenvalue weighted by Gasteiger charge is 2.14. The Morgan fingerprint density at radius 1 is 0.938 bits per heavy atom. The molecule has 0 unspecified atom stereocenters. The van der Waals surface area contributed by atoms with Crippen LogP contribution in [0.15, 0.2) is 42.5 Å². The first kappa shape index (κ1) is 10.3. The van der Waals surface area contributed by atoms with Gasteiger partial charge in [-0.1, -0.05) is 30.3 Å². The SMILES string of the molecule is N#Cc1ccc(F)c(F)c1-c1ccccc1. The van der Waals surface area contributed by atoms with Gasteiger partial charge in [0.25, 0.3) is 0 Å². The number of nitrogens with zero attached hydrogens (tertiary/aromatic N) is 1. The van der Waals surface area contributed by atoms with Crippen molar-refractivity contribution < 1.29 is 8.78 Å². The van der Waals surface area contributed by atoms with E-state index in [-0.39, 0.29) is 11.1 Å². The fourth-order valence-corrected chi connectivity index (χ4v) is 1.53. The summed E-state index contributed by atoms with van der Waals surface area (Å²) in [5, 5.41) is 8.86. The van der Waals surface area contributed by atoms with Crippen molar-refractivity contribution in [2.24, 2.45) is 0 Å². The molecule has 0 amide bonds. The molecule has 0 fully saturated rings. The minimum Gasteiger partial charge on any atom is -0.204 e. The van der Waals surface area contributed by atoms with Crippen molar-refractivity contribution in [3.05, 3.63) is 59.7 Å². The van der Waals surface area contributed by atoms with Crippen molar-refractivity contribution in [2.45, 2.75) is 0 Å². The van der Waals surface area contributed by atoms with Crippen LogP contribution in [0, 0.1) is 23.0 Å². The van der Waals surface area contributed by atoms with E-state index < -0.39 is 11.6 Å². The normalized spacial score (nSPS) is 9.81. The van der Waals surface area contributed by atoms with Gasteiger partial charge in [0.1, 0.15) is 0 Å². The second-order valence-corrected chi connectivity index (χ2v) is 3.26. The molecule has 0 aromatic heterocycles. The number of benzene rings is 2. The Kier molecular flexibility index (Phi) is 2.65. The molecule has 0 spiro atoms. The van der Waals surface area contributed by atoms with Gasteiger partial charge >= 0.3 is 0 Å². The Bertz CT molecular complexity index is 556. The molecule has 0 bridgehead atoms. The Labute approximate surface area is 91.6 Å². The molecule has 0 heterocycles. The standard InChI is InChI=1S/C13H7F2N/c14-11-7-6-10(8-16)12(13(11)15)9-4-2-1-3-5-9/h1-7H. The van der Waals surface area contributed by atoms with Crippen molar-refractivity contribution >= 4 is 0 Å². The quantitative estimate of drug-likeness (QED) is 0.714. The molecule has 0 saturated carbocycles. The second kappa shape index (κ2) is 4.11. The first-order chi connectivity index (χ1) is 7.74. The summed E-state index contributed by atoms with van der Waals surface area (Å²) in [6.45, 7) is 0. The maximum atomic E-state index is 13.6. The van der Waals surface area contributed by atoms with Gasteiger partial charge in [0.15, 0.2) is 11.6 Å². The van der Waals surface area contributed by atoms with E-state index in [0.717, 1.165) is 6.07 Å². The molecular weight excluding hydrogens is 208 g/mol. The molecule has 0 aliphatic heterocycles. The Hall–Kier alpha value is -2.21. The van der Waals surface area contributed by atoms with Crippen LogP contribution in [0.25, 0.3) is 11.1 Å². The lowest BCUT2D eigenvalue weighted by atomic mass is 9.99. The van der Waals surface area contributed by atoms with Gasteiger partial charge in [-0.25, -0.2) is 8.78 Å². The third-order valence-electron chi connectivity index (χ3n) is 2.28. The smallest absolute Gasteiger partial charge is 0.167 e. The van der Waals surface area contributed by atoms with Crippen LogP contribution in [0.1, 0.15) is 5.56 Å². The molecule has 78 valence electrons. The molecule has 0 radical (unpaired) electrons. The predicted molar refractivity (Wildman–Crippen MR) is 56.5 cm³/mol. The molecule has 0 N–H and O–H groups in total. The number of nitriles is 1. The van der Waals surface area contributed by atoms with E-state index in [1.165, 1.54) is 6.07 Å². The van der Waals surface area contributed by atoms with E-state index in [0.29, 0.717) is 5.56 Å². The van der Waals surface area contributed by atoms with E-state index >= 15 is 0 Å². The molecule has 2 rings (SSSR count). The van der Waals surface area contributed by atoms with Gasteiger partial charge in [0.2, 0.25) is 0 Å². The number of hydrogen-bond donors (Lipinski definition) is 0. The monoisotopic (exact) mass is 215 g/mol. The lowest BCUT2D eigenvalue weighted by Gasteiger charge is -2.06. The maximum absolute atomic E-state index is 13.6. The number of rotatable bonds is 1. The summed E-state index contributed by atoms with van der Waals surface area (Å²) in [5.74, 6) is -1.93. The van der Waals surface area contributed by atoms with E-state index in [1.807, 2.05) is 6.07 Å². The zero-order chi connectivity index (χ0) is 11.5. The zero-order valence-electron chi connectivity index (χ0n) is 8.24.